The Hall–Kier alpha value is -1.66. The fourth-order valence-electron chi connectivity index (χ4n) is 1.39. The third-order valence-electron chi connectivity index (χ3n) is 2.26. The lowest BCUT2D eigenvalue weighted by Crippen LogP contribution is -1.95. The van der Waals surface area contributed by atoms with Gasteiger partial charge in [-0.2, -0.15) is 0 Å². The van der Waals surface area contributed by atoms with Crippen molar-refractivity contribution in [2.45, 2.75) is 0 Å². The number of halogens is 3. The molecule has 0 aliphatic rings. The van der Waals surface area contributed by atoms with Gasteiger partial charge in [0, 0.05) is 6.07 Å². The maximum absolute atomic E-state index is 13.2. The minimum atomic E-state index is -0.868. The van der Waals surface area contributed by atoms with Gasteiger partial charge in [0.25, 0.3) is 0 Å². The second-order valence-corrected chi connectivity index (χ2v) is 4.79. The summed E-state index contributed by atoms with van der Waals surface area (Å²) in [6, 6.07) is 8.61. The van der Waals surface area contributed by atoms with E-state index < -0.39 is 16.4 Å². The summed E-state index contributed by atoms with van der Waals surface area (Å²) in [4.78, 5) is 10.1. The highest BCUT2D eigenvalue weighted by molar-refractivity contribution is 9.10. The SMILES string of the molecule is O=[N+]([O-])c1cc(F)c(Cl)cc1Oc1ccccc1Br. The summed E-state index contributed by atoms with van der Waals surface area (Å²) in [6.07, 6.45) is 0. The van der Waals surface area contributed by atoms with Crippen LogP contribution in [0.25, 0.3) is 0 Å². The highest BCUT2D eigenvalue weighted by atomic mass is 79.9. The first-order valence-electron chi connectivity index (χ1n) is 5.05. The van der Waals surface area contributed by atoms with Crippen molar-refractivity contribution >= 4 is 33.2 Å². The van der Waals surface area contributed by atoms with Gasteiger partial charge in [-0.1, -0.05) is 23.7 Å². The van der Waals surface area contributed by atoms with Gasteiger partial charge in [0.2, 0.25) is 5.75 Å². The van der Waals surface area contributed by atoms with Gasteiger partial charge in [0.15, 0.2) is 0 Å². The number of nitrogens with zero attached hydrogens (tertiary/aromatic N) is 1. The maximum Gasteiger partial charge on any atom is 0.314 e. The first kappa shape index (κ1) is 13.8. The van der Waals surface area contributed by atoms with Crippen LogP contribution < -0.4 is 4.74 Å². The number of benzene rings is 2. The molecule has 0 saturated heterocycles. The zero-order valence-corrected chi connectivity index (χ0v) is 11.6. The van der Waals surface area contributed by atoms with Crippen LogP contribution in [0.5, 0.6) is 11.5 Å². The summed E-state index contributed by atoms with van der Waals surface area (Å²) in [5.74, 6) is -0.621. The van der Waals surface area contributed by atoms with Crippen LogP contribution in [-0.4, -0.2) is 4.92 Å². The van der Waals surface area contributed by atoms with Gasteiger partial charge in [0.1, 0.15) is 11.6 Å². The van der Waals surface area contributed by atoms with E-state index in [0.29, 0.717) is 10.2 Å². The molecule has 2 aromatic carbocycles. The lowest BCUT2D eigenvalue weighted by molar-refractivity contribution is -0.385. The fourth-order valence-corrected chi connectivity index (χ4v) is 1.91. The first-order chi connectivity index (χ1) is 8.99. The van der Waals surface area contributed by atoms with Crippen molar-refractivity contribution in [1.82, 2.24) is 0 Å². The van der Waals surface area contributed by atoms with Crippen LogP contribution in [0.1, 0.15) is 0 Å². The van der Waals surface area contributed by atoms with Crippen LogP contribution >= 0.6 is 27.5 Å². The fraction of sp³-hybridized carbons (Fsp3) is 0. The molecule has 0 aromatic heterocycles. The molecule has 0 N–H and O–H groups in total. The molecule has 7 heteroatoms. The number of ether oxygens (including phenoxy) is 1. The van der Waals surface area contributed by atoms with Crippen LogP contribution in [-0.2, 0) is 0 Å². The highest BCUT2D eigenvalue weighted by Gasteiger charge is 2.20. The molecule has 0 heterocycles. The summed E-state index contributed by atoms with van der Waals surface area (Å²) in [7, 11) is 0. The molecule has 19 heavy (non-hydrogen) atoms. The average Bonchev–Trinajstić information content (AvgIpc) is 2.36. The Morgan fingerprint density at radius 2 is 1.95 bits per heavy atom. The van der Waals surface area contributed by atoms with E-state index >= 15 is 0 Å². The standard InChI is InChI=1S/C12H6BrClFNO3/c13-7-3-1-2-4-11(7)19-12-5-8(14)9(15)6-10(12)16(17)18/h1-6H. The van der Waals surface area contributed by atoms with E-state index in [0.717, 1.165) is 12.1 Å². The molecular weight excluding hydrogens is 340 g/mol. The van der Waals surface area contributed by atoms with Gasteiger partial charge in [-0.25, -0.2) is 4.39 Å². The predicted molar refractivity (Wildman–Crippen MR) is 72.3 cm³/mol. The molecule has 0 unspecified atom stereocenters. The summed E-state index contributed by atoms with van der Waals surface area (Å²) < 4.78 is 19.2. The Morgan fingerprint density at radius 1 is 1.26 bits per heavy atom. The van der Waals surface area contributed by atoms with Gasteiger partial charge in [-0.05, 0) is 28.1 Å². The van der Waals surface area contributed by atoms with Gasteiger partial charge in [-0.15, -0.1) is 0 Å². The van der Waals surface area contributed by atoms with E-state index in [2.05, 4.69) is 15.9 Å². The number of hydrogen-bond acceptors (Lipinski definition) is 3. The van der Waals surface area contributed by atoms with Crippen molar-refractivity contribution < 1.29 is 14.1 Å². The molecular formula is C12H6BrClFNO3. The Balaban J connectivity index is 2.48. The summed E-state index contributed by atoms with van der Waals surface area (Å²) >= 11 is 8.85. The van der Waals surface area contributed by atoms with Gasteiger partial charge < -0.3 is 4.74 Å². The molecule has 2 aromatic rings. The minimum absolute atomic E-state index is 0.122. The van der Waals surface area contributed by atoms with Crippen LogP contribution in [0.4, 0.5) is 10.1 Å². The molecule has 98 valence electrons. The molecule has 0 fully saturated rings. The van der Waals surface area contributed by atoms with Crippen LogP contribution in [0.15, 0.2) is 40.9 Å². The molecule has 0 radical (unpaired) electrons. The molecule has 0 aliphatic heterocycles. The molecule has 0 spiro atoms. The van der Waals surface area contributed by atoms with Crippen LogP contribution in [0.3, 0.4) is 0 Å². The number of nitro groups is 1. The predicted octanol–water partition coefficient (Wildman–Crippen LogP) is 4.94. The minimum Gasteiger partial charge on any atom is -0.449 e. The zero-order chi connectivity index (χ0) is 14.0. The van der Waals surface area contributed by atoms with Crippen molar-refractivity contribution in [2.24, 2.45) is 0 Å². The summed E-state index contributed by atoms with van der Waals surface area (Å²) in [5, 5.41) is 10.6. The Kier molecular flexibility index (Phi) is 4.01. The molecule has 2 rings (SSSR count). The second-order valence-electron chi connectivity index (χ2n) is 3.52. The second kappa shape index (κ2) is 5.54. The lowest BCUT2D eigenvalue weighted by Gasteiger charge is -2.08. The van der Waals surface area contributed by atoms with Crippen molar-refractivity contribution in [3.63, 3.8) is 0 Å². The summed E-state index contributed by atoms with van der Waals surface area (Å²) in [6.45, 7) is 0. The molecule has 0 atom stereocenters. The maximum atomic E-state index is 13.2. The molecule has 0 saturated carbocycles. The van der Waals surface area contributed by atoms with E-state index in [1.54, 1.807) is 24.3 Å². The van der Waals surface area contributed by atoms with Crippen molar-refractivity contribution in [1.29, 1.82) is 0 Å². The Labute approximate surface area is 121 Å². The Bertz CT molecular complexity index is 651. The number of hydrogen-bond donors (Lipinski definition) is 0. The van der Waals surface area contributed by atoms with E-state index in [1.807, 2.05) is 0 Å². The number of nitro benzene ring substituents is 1. The normalized spacial score (nSPS) is 10.3. The quantitative estimate of drug-likeness (QED) is 0.584. The highest BCUT2D eigenvalue weighted by Crippen LogP contribution is 2.37. The van der Waals surface area contributed by atoms with Gasteiger partial charge in [0.05, 0.1) is 20.5 Å². The van der Waals surface area contributed by atoms with Crippen LogP contribution in [0.2, 0.25) is 5.02 Å². The van der Waals surface area contributed by atoms with Crippen molar-refractivity contribution in [3.8, 4) is 11.5 Å². The largest absolute Gasteiger partial charge is 0.449 e. The average molecular weight is 347 g/mol. The van der Waals surface area contributed by atoms with Crippen molar-refractivity contribution in [2.75, 3.05) is 0 Å². The van der Waals surface area contributed by atoms with Gasteiger partial charge in [-0.3, -0.25) is 10.1 Å². The first-order valence-corrected chi connectivity index (χ1v) is 6.22. The Morgan fingerprint density at radius 3 is 2.58 bits per heavy atom. The van der Waals surface area contributed by atoms with E-state index in [-0.39, 0.29) is 10.8 Å². The van der Waals surface area contributed by atoms with Gasteiger partial charge >= 0.3 is 5.69 Å². The third kappa shape index (κ3) is 3.02. The molecule has 0 aliphatic carbocycles. The zero-order valence-electron chi connectivity index (χ0n) is 9.27. The number of rotatable bonds is 3. The van der Waals surface area contributed by atoms with Crippen molar-refractivity contribution in [3.05, 3.63) is 61.8 Å². The third-order valence-corrected chi connectivity index (χ3v) is 3.20. The van der Waals surface area contributed by atoms with Crippen LogP contribution in [0, 0.1) is 15.9 Å². The van der Waals surface area contributed by atoms with E-state index in [4.69, 9.17) is 16.3 Å². The lowest BCUT2D eigenvalue weighted by atomic mass is 10.3. The molecule has 4 nitrogen and oxygen atoms in total. The molecule has 0 amide bonds. The molecule has 0 bridgehead atoms. The number of para-hydroxylation sites is 1. The topological polar surface area (TPSA) is 52.4 Å². The van der Waals surface area contributed by atoms with E-state index in [1.165, 1.54) is 0 Å². The summed E-state index contributed by atoms with van der Waals surface area (Å²) in [5.41, 5.74) is -0.488. The smallest absolute Gasteiger partial charge is 0.314 e. The monoisotopic (exact) mass is 345 g/mol. The van der Waals surface area contributed by atoms with E-state index in [9.17, 15) is 14.5 Å².